The Balaban J connectivity index is 1.89. The van der Waals surface area contributed by atoms with E-state index in [0.717, 1.165) is 6.42 Å². The minimum Gasteiger partial charge on any atom is -0.481 e. The van der Waals surface area contributed by atoms with Gasteiger partial charge in [0.15, 0.2) is 0 Å². The number of carbonyl (C=O) groups excluding carboxylic acids is 2. The Hall–Kier alpha value is -1.79. The lowest BCUT2D eigenvalue weighted by Crippen LogP contribution is -2.57. The summed E-state index contributed by atoms with van der Waals surface area (Å²) in [5.41, 5.74) is -0.605. The van der Waals surface area contributed by atoms with E-state index in [0.29, 0.717) is 32.4 Å². The summed E-state index contributed by atoms with van der Waals surface area (Å²) in [5.74, 6) is -1.48. The second-order valence-corrected chi connectivity index (χ2v) is 5.59. The highest BCUT2D eigenvalue weighted by molar-refractivity contribution is 5.79. The summed E-state index contributed by atoms with van der Waals surface area (Å²) in [6.07, 6.45) is 2.86. The number of aliphatic carboxylic acids is 1. The molecular formula is C13H20N2O5. The smallest absolute Gasteiger partial charge is 0.317 e. The highest BCUT2D eigenvalue weighted by atomic mass is 16.5. The summed E-state index contributed by atoms with van der Waals surface area (Å²) in [6.45, 7) is 0.830. The zero-order chi connectivity index (χ0) is 14.8. The van der Waals surface area contributed by atoms with Gasteiger partial charge in [-0.15, -0.1) is 0 Å². The molecule has 2 fully saturated rings. The van der Waals surface area contributed by atoms with Crippen LogP contribution in [0, 0.1) is 5.92 Å². The zero-order valence-electron chi connectivity index (χ0n) is 11.6. The van der Waals surface area contributed by atoms with Crippen LogP contribution in [-0.2, 0) is 14.3 Å². The van der Waals surface area contributed by atoms with Crippen molar-refractivity contribution >= 4 is 18.0 Å². The number of urea groups is 1. The highest BCUT2D eigenvalue weighted by Gasteiger charge is 2.42. The summed E-state index contributed by atoms with van der Waals surface area (Å²) in [5, 5.41) is 11.7. The van der Waals surface area contributed by atoms with Gasteiger partial charge in [-0.3, -0.25) is 9.59 Å². The second-order valence-electron chi connectivity index (χ2n) is 5.59. The van der Waals surface area contributed by atoms with E-state index >= 15 is 0 Å². The van der Waals surface area contributed by atoms with Crippen LogP contribution in [0.3, 0.4) is 0 Å². The van der Waals surface area contributed by atoms with E-state index in [4.69, 9.17) is 5.11 Å². The van der Waals surface area contributed by atoms with Crippen LogP contribution >= 0.6 is 0 Å². The molecular weight excluding hydrogens is 264 g/mol. The number of nitrogens with zero attached hydrogens (tertiary/aromatic N) is 1. The molecule has 1 aliphatic heterocycles. The molecule has 1 heterocycles. The van der Waals surface area contributed by atoms with Gasteiger partial charge in [0.05, 0.1) is 25.0 Å². The number of amides is 2. The molecule has 0 bridgehead atoms. The molecule has 2 amide bonds. The maximum atomic E-state index is 12.2. The van der Waals surface area contributed by atoms with Crippen molar-refractivity contribution in [3.8, 4) is 0 Å². The van der Waals surface area contributed by atoms with Crippen LogP contribution in [0.25, 0.3) is 0 Å². The molecule has 7 nitrogen and oxygen atoms in total. The first kappa shape index (κ1) is 14.6. The van der Waals surface area contributed by atoms with Crippen molar-refractivity contribution in [1.82, 2.24) is 10.2 Å². The van der Waals surface area contributed by atoms with Crippen molar-refractivity contribution in [1.29, 1.82) is 0 Å². The minimum absolute atomic E-state index is 0.0486. The summed E-state index contributed by atoms with van der Waals surface area (Å²) in [7, 11) is 1.33. The van der Waals surface area contributed by atoms with E-state index in [1.165, 1.54) is 7.11 Å². The Kier molecular flexibility index (Phi) is 4.15. The highest BCUT2D eigenvalue weighted by Crippen LogP contribution is 2.35. The number of likely N-dealkylation sites (tertiary alicyclic amines) is 1. The number of carboxylic acids is 1. The second kappa shape index (κ2) is 5.68. The molecule has 2 rings (SSSR count). The third kappa shape index (κ3) is 3.02. The third-order valence-electron chi connectivity index (χ3n) is 4.18. The van der Waals surface area contributed by atoms with Crippen LogP contribution in [-0.4, -0.2) is 53.7 Å². The first-order valence-electron chi connectivity index (χ1n) is 6.82. The summed E-state index contributed by atoms with van der Waals surface area (Å²) in [6, 6.07) is -0.280. The fraction of sp³-hybridized carbons (Fsp3) is 0.769. The van der Waals surface area contributed by atoms with Gasteiger partial charge < -0.3 is 20.1 Å². The number of hydrogen-bond donors (Lipinski definition) is 2. The molecule has 0 radical (unpaired) electrons. The van der Waals surface area contributed by atoms with Gasteiger partial charge in [-0.05, 0) is 25.7 Å². The topological polar surface area (TPSA) is 95.9 Å². The van der Waals surface area contributed by atoms with Crippen LogP contribution in [0.4, 0.5) is 4.79 Å². The first-order chi connectivity index (χ1) is 9.46. The fourth-order valence-corrected chi connectivity index (χ4v) is 2.85. The molecule has 1 aliphatic carbocycles. The van der Waals surface area contributed by atoms with Gasteiger partial charge in [0.2, 0.25) is 0 Å². The van der Waals surface area contributed by atoms with E-state index in [9.17, 15) is 14.4 Å². The van der Waals surface area contributed by atoms with Crippen molar-refractivity contribution < 1.29 is 24.2 Å². The van der Waals surface area contributed by atoms with Gasteiger partial charge in [-0.1, -0.05) is 0 Å². The van der Waals surface area contributed by atoms with E-state index in [1.807, 2.05) is 0 Å². The van der Waals surface area contributed by atoms with Crippen LogP contribution in [0.2, 0.25) is 0 Å². The quantitative estimate of drug-likeness (QED) is 0.736. The van der Waals surface area contributed by atoms with Gasteiger partial charge >= 0.3 is 18.0 Å². The average molecular weight is 284 g/mol. The average Bonchev–Trinajstić information content (AvgIpc) is 2.84. The Morgan fingerprint density at radius 2 is 2.10 bits per heavy atom. The Morgan fingerprint density at radius 3 is 2.60 bits per heavy atom. The predicted molar refractivity (Wildman–Crippen MR) is 69.1 cm³/mol. The number of hydrogen-bond acceptors (Lipinski definition) is 4. The number of methoxy groups -OCH3 is 1. The molecule has 7 heteroatoms. The normalized spacial score (nSPS) is 23.9. The molecule has 1 atom stereocenters. The van der Waals surface area contributed by atoms with Crippen molar-refractivity contribution in [3.63, 3.8) is 0 Å². The summed E-state index contributed by atoms with van der Waals surface area (Å²) in [4.78, 5) is 36.0. The Labute approximate surface area is 117 Å². The van der Waals surface area contributed by atoms with Crippen LogP contribution in [0.1, 0.15) is 32.1 Å². The van der Waals surface area contributed by atoms with Crippen LogP contribution in [0.15, 0.2) is 0 Å². The van der Waals surface area contributed by atoms with E-state index in [-0.39, 0.29) is 24.3 Å². The minimum atomic E-state index is -0.904. The lowest BCUT2D eigenvalue weighted by atomic mass is 9.74. The fourth-order valence-electron chi connectivity index (χ4n) is 2.85. The van der Waals surface area contributed by atoms with Crippen molar-refractivity contribution in [3.05, 3.63) is 0 Å². The van der Waals surface area contributed by atoms with Crippen LogP contribution < -0.4 is 5.32 Å². The SMILES string of the molecule is COC(=O)C1CCN(C(=O)NC2(CC(=O)O)CCC2)C1. The molecule has 1 unspecified atom stereocenters. The summed E-state index contributed by atoms with van der Waals surface area (Å²) < 4.78 is 4.67. The zero-order valence-corrected chi connectivity index (χ0v) is 11.6. The molecule has 112 valence electrons. The van der Waals surface area contributed by atoms with Crippen molar-refractivity contribution in [2.45, 2.75) is 37.6 Å². The first-order valence-corrected chi connectivity index (χ1v) is 6.82. The molecule has 1 saturated heterocycles. The number of nitrogens with one attached hydrogen (secondary N) is 1. The summed E-state index contributed by atoms with van der Waals surface area (Å²) >= 11 is 0. The monoisotopic (exact) mass is 284 g/mol. The lowest BCUT2D eigenvalue weighted by molar-refractivity contribution is -0.144. The van der Waals surface area contributed by atoms with E-state index in [1.54, 1.807) is 4.90 Å². The Morgan fingerprint density at radius 1 is 1.40 bits per heavy atom. The number of ether oxygens (including phenoxy) is 1. The maximum Gasteiger partial charge on any atom is 0.317 e. The van der Waals surface area contributed by atoms with Gasteiger partial charge in [0.25, 0.3) is 0 Å². The number of rotatable bonds is 4. The molecule has 0 aromatic heterocycles. The molecule has 0 spiro atoms. The largest absolute Gasteiger partial charge is 0.481 e. The predicted octanol–water partition coefficient (Wildman–Crippen LogP) is 0.588. The number of esters is 1. The lowest BCUT2D eigenvalue weighted by Gasteiger charge is -2.42. The molecule has 1 saturated carbocycles. The van der Waals surface area contributed by atoms with Crippen LogP contribution in [0.5, 0.6) is 0 Å². The van der Waals surface area contributed by atoms with E-state index < -0.39 is 11.5 Å². The van der Waals surface area contributed by atoms with Crippen molar-refractivity contribution in [2.75, 3.05) is 20.2 Å². The van der Waals surface area contributed by atoms with Gasteiger partial charge in [0.1, 0.15) is 0 Å². The standard InChI is InChI=1S/C13H20N2O5/c1-20-11(18)9-3-6-15(8-9)12(19)14-13(4-2-5-13)7-10(16)17/h9H,2-8H2,1H3,(H,14,19)(H,16,17). The maximum absolute atomic E-state index is 12.2. The van der Waals surface area contributed by atoms with Gasteiger partial charge in [0, 0.05) is 13.1 Å². The van der Waals surface area contributed by atoms with Gasteiger partial charge in [-0.25, -0.2) is 4.79 Å². The molecule has 0 aromatic rings. The molecule has 2 aliphatic rings. The molecule has 2 N–H and O–H groups in total. The number of carboxylic acid groups (broad SMARTS) is 1. The van der Waals surface area contributed by atoms with E-state index in [2.05, 4.69) is 10.1 Å². The molecule has 20 heavy (non-hydrogen) atoms. The van der Waals surface area contributed by atoms with Crippen molar-refractivity contribution in [2.24, 2.45) is 5.92 Å². The third-order valence-corrected chi connectivity index (χ3v) is 4.18. The Bertz CT molecular complexity index is 419. The number of carbonyl (C=O) groups is 3. The van der Waals surface area contributed by atoms with Gasteiger partial charge in [-0.2, -0.15) is 0 Å². The molecule has 0 aromatic carbocycles.